The van der Waals surface area contributed by atoms with Crippen molar-refractivity contribution in [3.8, 4) is 0 Å². The molecule has 0 aliphatic carbocycles. The van der Waals surface area contributed by atoms with E-state index < -0.39 is 23.4 Å². The van der Waals surface area contributed by atoms with E-state index in [0.29, 0.717) is 6.61 Å². The van der Waals surface area contributed by atoms with Gasteiger partial charge in [0.05, 0.1) is 12.6 Å². The van der Waals surface area contributed by atoms with Gasteiger partial charge in [0, 0.05) is 13.2 Å². The monoisotopic (exact) mass is 292 g/mol. The van der Waals surface area contributed by atoms with Crippen molar-refractivity contribution in [3.63, 3.8) is 0 Å². The third-order valence-corrected chi connectivity index (χ3v) is 2.65. The van der Waals surface area contributed by atoms with Crippen molar-refractivity contribution in [2.45, 2.75) is 51.9 Å². The summed E-state index contributed by atoms with van der Waals surface area (Å²) in [6.45, 7) is 9.24. The molecular weight excluding hydrogens is 264 g/mol. The molecule has 0 aromatic rings. The van der Waals surface area contributed by atoms with E-state index in [1.54, 1.807) is 27.7 Å². The van der Waals surface area contributed by atoms with Gasteiger partial charge in [-0.2, -0.15) is 0 Å². The highest BCUT2D eigenvalue weighted by Crippen LogP contribution is 2.13. The van der Waals surface area contributed by atoms with E-state index in [2.05, 4.69) is 5.32 Å². The van der Waals surface area contributed by atoms with Gasteiger partial charge >= 0.3 is 6.09 Å². The molecule has 0 fully saturated rings. The molecule has 20 heavy (non-hydrogen) atoms. The molecule has 7 heteroatoms. The Kier molecular flexibility index (Phi) is 8.03. The molecule has 0 aromatic heterocycles. The first-order valence-corrected chi connectivity index (χ1v) is 6.73. The smallest absolute Gasteiger partial charge is 0.407 e. The third kappa shape index (κ3) is 7.64. The molecular formula is C13H28N2O5. The lowest BCUT2D eigenvalue weighted by atomic mass is 9.98. The molecule has 4 N–H and O–H groups in total. The number of ether oxygens (including phenoxy) is 3. The summed E-state index contributed by atoms with van der Waals surface area (Å²) in [5.41, 5.74) is 3.59. The molecule has 0 spiro atoms. The summed E-state index contributed by atoms with van der Waals surface area (Å²) >= 11 is 0. The Hall–Kier alpha value is -0.890. The van der Waals surface area contributed by atoms with Crippen LogP contribution in [0.5, 0.6) is 0 Å². The van der Waals surface area contributed by atoms with Crippen molar-refractivity contribution < 1.29 is 24.1 Å². The maximum Gasteiger partial charge on any atom is 0.407 e. The Morgan fingerprint density at radius 3 is 2.45 bits per heavy atom. The molecule has 0 aliphatic rings. The lowest BCUT2D eigenvalue weighted by molar-refractivity contribution is -0.149. The van der Waals surface area contributed by atoms with Crippen LogP contribution in [0.2, 0.25) is 0 Å². The van der Waals surface area contributed by atoms with Crippen molar-refractivity contribution >= 4 is 6.09 Å². The highest BCUT2D eigenvalue weighted by molar-refractivity contribution is 5.67. The van der Waals surface area contributed by atoms with Crippen LogP contribution in [-0.2, 0) is 14.2 Å². The third-order valence-electron chi connectivity index (χ3n) is 2.65. The molecule has 0 radical (unpaired) electrons. The van der Waals surface area contributed by atoms with Gasteiger partial charge in [-0.1, -0.05) is 0 Å². The van der Waals surface area contributed by atoms with Gasteiger partial charge in [0.2, 0.25) is 0 Å². The van der Waals surface area contributed by atoms with Crippen LogP contribution >= 0.6 is 0 Å². The summed E-state index contributed by atoms with van der Waals surface area (Å²) in [7, 11) is 0. The van der Waals surface area contributed by atoms with E-state index in [4.69, 9.17) is 19.9 Å². The highest BCUT2D eigenvalue weighted by Gasteiger charge is 2.34. The van der Waals surface area contributed by atoms with E-state index in [0.717, 1.165) is 0 Å². The molecule has 1 amide bonds. The quantitative estimate of drug-likeness (QED) is 0.447. The number of nitrogens with two attached hydrogens (primary N) is 1. The van der Waals surface area contributed by atoms with Gasteiger partial charge in [0.15, 0.2) is 0 Å². The summed E-state index contributed by atoms with van der Waals surface area (Å²) in [6.07, 6.45) is -1.20. The predicted molar refractivity (Wildman–Crippen MR) is 75.3 cm³/mol. The van der Waals surface area contributed by atoms with Crippen LogP contribution in [-0.4, -0.2) is 55.0 Å². The van der Waals surface area contributed by atoms with Crippen molar-refractivity contribution in [3.05, 3.63) is 0 Å². The average molecular weight is 292 g/mol. The second kappa shape index (κ2) is 8.41. The normalized spacial score (nSPS) is 16.4. The average Bonchev–Trinajstić information content (AvgIpc) is 2.34. The zero-order chi connectivity index (χ0) is 15.8. The Morgan fingerprint density at radius 2 is 2.00 bits per heavy atom. The van der Waals surface area contributed by atoms with Crippen LogP contribution in [0.3, 0.4) is 0 Å². The van der Waals surface area contributed by atoms with E-state index in [1.165, 1.54) is 0 Å². The Bertz CT molecular complexity index is 293. The molecule has 0 aliphatic heterocycles. The first kappa shape index (κ1) is 19.1. The fourth-order valence-corrected chi connectivity index (χ4v) is 1.31. The topological polar surface area (TPSA) is 103 Å². The molecule has 0 heterocycles. The van der Waals surface area contributed by atoms with Crippen molar-refractivity contribution in [1.29, 1.82) is 0 Å². The van der Waals surface area contributed by atoms with E-state index >= 15 is 0 Å². The summed E-state index contributed by atoms with van der Waals surface area (Å²) in [5, 5.41) is 12.8. The predicted octanol–water partition coefficient (Wildman–Crippen LogP) is 0.600. The number of alkyl carbamates (subject to hydrolysis) is 1. The molecule has 0 aromatic carbocycles. The summed E-state index contributed by atoms with van der Waals surface area (Å²) in [5.74, 6) is 0. The van der Waals surface area contributed by atoms with Gasteiger partial charge in [-0.25, -0.2) is 4.79 Å². The molecule has 0 saturated carbocycles. The molecule has 120 valence electrons. The van der Waals surface area contributed by atoms with E-state index in [9.17, 15) is 9.90 Å². The Morgan fingerprint density at radius 1 is 1.40 bits per heavy atom. The number of carbonyl (C=O) groups is 1. The Balaban J connectivity index is 4.32. The van der Waals surface area contributed by atoms with Gasteiger partial charge < -0.3 is 30.4 Å². The highest BCUT2D eigenvalue weighted by atomic mass is 16.7. The number of rotatable bonds is 8. The number of aliphatic hydroxyl groups is 1. The van der Waals surface area contributed by atoms with Gasteiger partial charge in [-0.05, 0) is 34.6 Å². The maximum absolute atomic E-state index is 11.6. The minimum absolute atomic E-state index is 0.0594. The molecule has 0 bridgehead atoms. The fraction of sp³-hybridized carbons (Fsp3) is 0.923. The van der Waals surface area contributed by atoms with E-state index in [1.807, 2.05) is 6.92 Å². The number of amides is 1. The SMILES string of the molecule is CCOCOC(C)C(O)(CN)CNC(=O)OC(C)(C)C. The molecule has 0 rings (SSSR count). The lowest BCUT2D eigenvalue weighted by Gasteiger charge is -2.33. The molecule has 7 nitrogen and oxygen atoms in total. The largest absolute Gasteiger partial charge is 0.444 e. The van der Waals surface area contributed by atoms with Gasteiger partial charge in [-0.3, -0.25) is 0 Å². The number of nitrogens with one attached hydrogen (secondary N) is 1. The summed E-state index contributed by atoms with van der Waals surface area (Å²) < 4.78 is 15.5. The van der Waals surface area contributed by atoms with Crippen molar-refractivity contribution in [2.75, 3.05) is 26.5 Å². The summed E-state index contributed by atoms with van der Waals surface area (Å²) in [4.78, 5) is 11.6. The van der Waals surface area contributed by atoms with Crippen LogP contribution in [0.1, 0.15) is 34.6 Å². The summed E-state index contributed by atoms with van der Waals surface area (Å²) in [6, 6.07) is 0. The van der Waals surface area contributed by atoms with Crippen LogP contribution < -0.4 is 11.1 Å². The number of carbonyl (C=O) groups excluding carboxylic acids is 1. The van der Waals surface area contributed by atoms with E-state index in [-0.39, 0.29) is 19.9 Å². The standard InChI is InChI=1S/C13H28N2O5/c1-6-18-9-19-10(2)13(17,7-14)8-15-11(16)20-12(3,4)5/h10,17H,6-9,14H2,1-5H3,(H,15,16). The van der Waals surface area contributed by atoms with Crippen LogP contribution in [0.25, 0.3) is 0 Å². The van der Waals surface area contributed by atoms with Crippen molar-refractivity contribution in [1.82, 2.24) is 5.32 Å². The molecule has 0 saturated heterocycles. The first-order chi connectivity index (χ1) is 9.14. The Labute approximate surface area is 120 Å². The minimum atomic E-state index is -1.38. The van der Waals surface area contributed by atoms with Gasteiger partial charge in [0.25, 0.3) is 0 Å². The zero-order valence-electron chi connectivity index (χ0n) is 13.1. The number of hydrogen-bond acceptors (Lipinski definition) is 6. The van der Waals surface area contributed by atoms with Crippen LogP contribution in [0.15, 0.2) is 0 Å². The first-order valence-electron chi connectivity index (χ1n) is 6.73. The molecule has 2 unspecified atom stereocenters. The lowest BCUT2D eigenvalue weighted by Crippen LogP contribution is -2.56. The van der Waals surface area contributed by atoms with Crippen LogP contribution in [0.4, 0.5) is 4.79 Å². The second-order valence-electron chi connectivity index (χ2n) is 5.58. The second-order valence-corrected chi connectivity index (χ2v) is 5.58. The zero-order valence-corrected chi connectivity index (χ0v) is 13.1. The van der Waals surface area contributed by atoms with Crippen molar-refractivity contribution in [2.24, 2.45) is 5.73 Å². The van der Waals surface area contributed by atoms with Gasteiger partial charge in [-0.15, -0.1) is 0 Å². The van der Waals surface area contributed by atoms with Gasteiger partial charge in [0.1, 0.15) is 18.0 Å². The van der Waals surface area contributed by atoms with Crippen LogP contribution in [0, 0.1) is 0 Å². The number of hydrogen-bond donors (Lipinski definition) is 3. The maximum atomic E-state index is 11.6. The fourth-order valence-electron chi connectivity index (χ4n) is 1.31. The molecule has 2 atom stereocenters. The minimum Gasteiger partial charge on any atom is -0.444 e.